The smallest absolute Gasteiger partial charge is 0.236 e. The molecule has 0 aliphatic carbocycles. The molecule has 4 aromatic rings. The molecule has 0 fully saturated rings. The fourth-order valence-electron chi connectivity index (χ4n) is 2.76. The lowest BCUT2D eigenvalue weighted by Crippen LogP contribution is -2.14. The first-order valence-corrected chi connectivity index (χ1v) is 11.0. The molecule has 8 nitrogen and oxygen atoms in total. The van der Waals surface area contributed by atoms with Crippen LogP contribution in [0, 0.1) is 0 Å². The topological polar surface area (TPSA) is 98.7 Å². The highest BCUT2D eigenvalue weighted by molar-refractivity contribution is 7.99. The van der Waals surface area contributed by atoms with Gasteiger partial charge in [0.2, 0.25) is 16.9 Å². The van der Waals surface area contributed by atoms with Gasteiger partial charge in [-0.1, -0.05) is 55.1 Å². The molecule has 0 radical (unpaired) electrons. The Labute approximate surface area is 175 Å². The fourth-order valence-corrected chi connectivity index (χ4v) is 4.32. The summed E-state index contributed by atoms with van der Waals surface area (Å²) < 4.78 is 7.85. The first-order valence-electron chi connectivity index (χ1n) is 9.23. The van der Waals surface area contributed by atoms with E-state index in [1.165, 1.54) is 23.1 Å². The van der Waals surface area contributed by atoms with Crippen LogP contribution in [-0.4, -0.2) is 36.6 Å². The maximum atomic E-state index is 12.3. The molecular formula is C19H20N6O2S2. The lowest BCUT2D eigenvalue weighted by Gasteiger charge is -2.05. The highest BCUT2D eigenvalue weighted by Gasteiger charge is 2.18. The maximum absolute atomic E-state index is 12.3. The quantitative estimate of drug-likeness (QED) is 0.435. The number of rotatable bonds is 7. The normalized spacial score (nSPS) is 11.4. The molecule has 1 aromatic carbocycles. The average molecular weight is 429 g/mol. The van der Waals surface area contributed by atoms with E-state index in [0.29, 0.717) is 28.4 Å². The van der Waals surface area contributed by atoms with E-state index in [1.54, 1.807) is 0 Å². The van der Waals surface area contributed by atoms with Crippen molar-refractivity contribution < 1.29 is 9.21 Å². The molecule has 10 heteroatoms. The lowest BCUT2D eigenvalue weighted by atomic mass is 10.2. The molecule has 150 valence electrons. The number of aromatic nitrogens is 5. The zero-order valence-corrected chi connectivity index (χ0v) is 17.9. The van der Waals surface area contributed by atoms with E-state index in [4.69, 9.17) is 4.42 Å². The summed E-state index contributed by atoms with van der Waals surface area (Å²) >= 11 is 2.72. The van der Waals surface area contributed by atoms with E-state index in [9.17, 15) is 4.79 Å². The van der Waals surface area contributed by atoms with Crippen molar-refractivity contribution in [1.82, 2.24) is 25.0 Å². The first kappa shape index (κ1) is 19.6. The Bertz CT molecular complexity index is 1110. The summed E-state index contributed by atoms with van der Waals surface area (Å²) in [5, 5.41) is 22.5. The molecule has 0 bridgehead atoms. The van der Waals surface area contributed by atoms with Crippen LogP contribution < -0.4 is 5.32 Å². The van der Waals surface area contributed by atoms with Crippen molar-refractivity contribution in [2.45, 2.75) is 38.4 Å². The molecule has 3 heterocycles. The monoisotopic (exact) mass is 428 g/mol. The van der Waals surface area contributed by atoms with Gasteiger partial charge >= 0.3 is 0 Å². The molecule has 4 rings (SSSR count). The van der Waals surface area contributed by atoms with E-state index in [0.717, 1.165) is 16.0 Å². The third-order valence-corrected chi connectivity index (χ3v) is 6.30. The third-order valence-electron chi connectivity index (χ3n) is 4.19. The highest BCUT2D eigenvalue weighted by Crippen LogP contribution is 2.29. The van der Waals surface area contributed by atoms with Gasteiger partial charge in [0.15, 0.2) is 10.9 Å². The number of benzene rings is 1. The summed E-state index contributed by atoms with van der Waals surface area (Å²) in [4.78, 5) is 12.3. The van der Waals surface area contributed by atoms with Gasteiger partial charge in [-0.15, -0.1) is 20.4 Å². The van der Waals surface area contributed by atoms with Gasteiger partial charge in [-0.05, 0) is 19.1 Å². The number of anilines is 1. The number of nitrogens with one attached hydrogen (secondary N) is 1. The summed E-state index contributed by atoms with van der Waals surface area (Å²) in [7, 11) is 0. The Balaban J connectivity index is 1.45. The van der Waals surface area contributed by atoms with Gasteiger partial charge < -0.3 is 4.42 Å². The molecule has 29 heavy (non-hydrogen) atoms. The minimum absolute atomic E-state index is 0.155. The van der Waals surface area contributed by atoms with Gasteiger partial charge in [-0.2, -0.15) is 0 Å². The van der Waals surface area contributed by atoms with Crippen molar-refractivity contribution in [3.63, 3.8) is 0 Å². The van der Waals surface area contributed by atoms with Crippen LogP contribution >= 0.6 is 23.1 Å². The molecule has 0 aliphatic heterocycles. The molecule has 3 aromatic heterocycles. The SMILES string of the molecule is CCn1c(SCC(=O)Nc2nnc(C(C)C)s2)nnc1-c1cc2ccccc2o1. The number of thioether (sulfide) groups is 1. The first-order chi connectivity index (χ1) is 14.0. The molecule has 1 amide bonds. The summed E-state index contributed by atoms with van der Waals surface area (Å²) in [6, 6.07) is 9.77. The third kappa shape index (κ3) is 4.18. The number of furan rings is 1. The van der Waals surface area contributed by atoms with Crippen molar-refractivity contribution in [3.05, 3.63) is 35.3 Å². The molecule has 1 N–H and O–H groups in total. The molecule has 0 aliphatic rings. The van der Waals surface area contributed by atoms with Crippen LogP contribution in [-0.2, 0) is 11.3 Å². The van der Waals surface area contributed by atoms with Crippen molar-refractivity contribution in [3.8, 4) is 11.6 Å². The minimum atomic E-state index is -0.155. The average Bonchev–Trinajstić information content (AvgIpc) is 3.43. The Morgan fingerprint density at radius 3 is 2.79 bits per heavy atom. The second-order valence-corrected chi connectivity index (χ2v) is 8.59. The molecule has 0 atom stereocenters. The van der Waals surface area contributed by atoms with E-state index in [-0.39, 0.29) is 17.6 Å². The number of para-hydroxylation sites is 1. The van der Waals surface area contributed by atoms with Crippen molar-refractivity contribution in [2.75, 3.05) is 11.1 Å². The Morgan fingerprint density at radius 1 is 1.24 bits per heavy atom. The van der Waals surface area contributed by atoms with Gasteiger partial charge in [0.1, 0.15) is 10.6 Å². The minimum Gasteiger partial charge on any atom is -0.453 e. The molecule has 0 saturated heterocycles. The Hall–Kier alpha value is -2.72. The van der Waals surface area contributed by atoms with Crippen LogP contribution in [0.2, 0.25) is 0 Å². The van der Waals surface area contributed by atoms with Crippen molar-refractivity contribution in [2.24, 2.45) is 0 Å². The van der Waals surface area contributed by atoms with Gasteiger partial charge in [-0.3, -0.25) is 14.7 Å². The summed E-state index contributed by atoms with van der Waals surface area (Å²) in [6.45, 7) is 6.75. The zero-order chi connectivity index (χ0) is 20.4. The maximum Gasteiger partial charge on any atom is 0.236 e. The van der Waals surface area contributed by atoms with E-state index >= 15 is 0 Å². The van der Waals surface area contributed by atoms with E-state index in [2.05, 4.69) is 25.7 Å². The second kappa shape index (κ2) is 8.34. The van der Waals surface area contributed by atoms with E-state index in [1.807, 2.05) is 55.7 Å². The molecule has 0 unspecified atom stereocenters. The van der Waals surface area contributed by atoms with Gasteiger partial charge in [-0.25, -0.2) is 0 Å². The summed E-state index contributed by atoms with van der Waals surface area (Å²) in [5.74, 6) is 1.64. The molecular weight excluding hydrogens is 408 g/mol. The summed E-state index contributed by atoms with van der Waals surface area (Å²) in [5.41, 5.74) is 0.805. The van der Waals surface area contributed by atoms with Crippen LogP contribution in [0.4, 0.5) is 5.13 Å². The summed E-state index contributed by atoms with van der Waals surface area (Å²) in [6.07, 6.45) is 0. The number of carbonyl (C=O) groups is 1. The highest BCUT2D eigenvalue weighted by atomic mass is 32.2. The standard InChI is InChI=1S/C19H20N6O2S2/c1-4-25-16(14-9-12-7-5-6-8-13(12)27-14)21-24-19(25)28-10-15(26)20-18-23-22-17(29-18)11(2)3/h5-9,11H,4,10H2,1-3H3,(H,20,23,26). The fraction of sp³-hybridized carbons (Fsp3) is 0.316. The van der Waals surface area contributed by atoms with Crippen molar-refractivity contribution >= 4 is 45.1 Å². The number of fused-ring (bicyclic) bond motifs is 1. The predicted octanol–water partition coefficient (Wildman–Crippen LogP) is 4.42. The van der Waals surface area contributed by atoms with Crippen molar-refractivity contribution in [1.29, 1.82) is 0 Å². The molecule has 0 saturated carbocycles. The number of hydrogen-bond acceptors (Lipinski definition) is 8. The number of amides is 1. The Kier molecular flexibility index (Phi) is 5.63. The van der Waals surface area contributed by atoms with Crippen LogP contribution in [0.1, 0.15) is 31.7 Å². The zero-order valence-electron chi connectivity index (χ0n) is 16.2. The van der Waals surface area contributed by atoms with Crippen LogP contribution in [0.15, 0.2) is 39.9 Å². The van der Waals surface area contributed by atoms with Gasteiger partial charge in [0.25, 0.3) is 0 Å². The number of carbonyl (C=O) groups excluding carboxylic acids is 1. The second-order valence-electron chi connectivity index (χ2n) is 6.64. The Morgan fingerprint density at radius 2 is 2.07 bits per heavy atom. The lowest BCUT2D eigenvalue weighted by molar-refractivity contribution is -0.113. The van der Waals surface area contributed by atoms with Crippen LogP contribution in [0.5, 0.6) is 0 Å². The van der Waals surface area contributed by atoms with Gasteiger partial charge in [0.05, 0.1) is 5.75 Å². The van der Waals surface area contributed by atoms with Gasteiger partial charge in [0, 0.05) is 17.8 Å². The molecule has 0 spiro atoms. The number of nitrogens with zero attached hydrogens (tertiary/aromatic N) is 5. The van der Waals surface area contributed by atoms with Crippen LogP contribution in [0.3, 0.4) is 0 Å². The van der Waals surface area contributed by atoms with E-state index < -0.39 is 0 Å². The largest absolute Gasteiger partial charge is 0.453 e. The number of hydrogen-bond donors (Lipinski definition) is 1. The van der Waals surface area contributed by atoms with Crippen LogP contribution in [0.25, 0.3) is 22.6 Å². The predicted molar refractivity (Wildman–Crippen MR) is 114 cm³/mol.